The van der Waals surface area contributed by atoms with Gasteiger partial charge in [-0.05, 0) is 12.1 Å². The lowest BCUT2D eigenvalue weighted by Gasteiger charge is -2.02. The lowest BCUT2D eigenvalue weighted by molar-refractivity contribution is -0.121. The number of aromatic nitrogens is 2. The molecule has 0 unspecified atom stereocenters. The summed E-state index contributed by atoms with van der Waals surface area (Å²) in [5, 5.41) is 4.50. The number of primary amides is 1. The molecular formula is C18H15N3O3. The first kappa shape index (κ1) is 15.5. The third-order valence-electron chi connectivity index (χ3n) is 3.35. The molecule has 1 heterocycles. The van der Waals surface area contributed by atoms with Crippen molar-refractivity contribution >= 4 is 11.9 Å². The minimum Gasteiger partial charge on any atom is -0.452 e. The Morgan fingerprint density at radius 2 is 1.62 bits per heavy atom. The molecule has 3 rings (SSSR count). The van der Waals surface area contributed by atoms with Gasteiger partial charge in [-0.3, -0.25) is 4.79 Å². The summed E-state index contributed by atoms with van der Waals surface area (Å²) in [6, 6.07) is 18.7. The van der Waals surface area contributed by atoms with Crippen LogP contribution in [0.1, 0.15) is 10.4 Å². The number of hydrogen-bond acceptors (Lipinski definition) is 4. The molecule has 24 heavy (non-hydrogen) atoms. The predicted octanol–water partition coefficient (Wildman–Crippen LogP) is 2.18. The second-order valence-electron chi connectivity index (χ2n) is 5.08. The normalized spacial score (nSPS) is 10.3. The van der Waals surface area contributed by atoms with Gasteiger partial charge in [0.05, 0.1) is 5.69 Å². The molecule has 0 aliphatic heterocycles. The smallest absolute Gasteiger partial charge is 0.342 e. The van der Waals surface area contributed by atoms with Crippen LogP contribution in [0.3, 0.4) is 0 Å². The molecule has 0 spiro atoms. The Morgan fingerprint density at radius 1 is 1.00 bits per heavy atom. The first-order valence-corrected chi connectivity index (χ1v) is 7.31. The molecule has 6 nitrogen and oxygen atoms in total. The van der Waals surface area contributed by atoms with E-state index in [1.165, 1.54) is 0 Å². The van der Waals surface area contributed by atoms with Gasteiger partial charge in [0.15, 0.2) is 6.61 Å². The maximum absolute atomic E-state index is 12.3. The van der Waals surface area contributed by atoms with Crippen LogP contribution in [0.25, 0.3) is 16.9 Å². The van der Waals surface area contributed by atoms with Crippen molar-refractivity contribution in [2.45, 2.75) is 0 Å². The standard InChI is InChI=1S/C18H15N3O3/c19-16(22)12-24-18(23)15-11-21(14-9-5-2-6-10-14)20-17(15)13-7-3-1-4-8-13/h1-11H,12H2,(H2,19,22). The van der Waals surface area contributed by atoms with Crippen LogP contribution >= 0.6 is 0 Å². The Labute approximate surface area is 138 Å². The number of esters is 1. The molecule has 0 bridgehead atoms. The van der Waals surface area contributed by atoms with E-state index in [1.807, 2.05) is 60.7 Å². The fourth-order valence-corrected chi connectivity index (χ4v) is 2.26. The van der Waals surface area contributed by atoms with Crippen molar-refractivity contribution in [1.29, 1.82) is 0 Å². The highest BCUT2D eigenvalue weighted by Crippen LogP contribution is 2.24. The van der Waals surface area contributed by atoms with Gasteiger partial charge in [-0.1, -0.05) is 48.5 Å². The number of amides is 1. The minimum atomic E-state index is -0.708. The van der Waals surface area contributed by atoms with Gasteiger partial charge in [0.25, 0.3) is 5.91 Å². The molecule has 120 valence electrons. The van der Waals surface area contributed by atoms with Crippen molar-refractivity contribution in [3.8, 4) is 16.9 Å². The number of carbonyl (C=O) groups is 2. The van der Waals surface area contributed by atoms with E-state index in [4.69, 9.17) is 10.5 Å². The number of nitrogens with zero attached hydrogens (tertiary/aromatic N) is 2. The average Bonchev–Trinajstić information content (AvgIpc) is 3.06. The molecule has 0 fully saturated rings. The van der Waals surface area contributed by atoms with Crippen molar-refractivity contribution in [3.05, 3.63) is 72.4 Å². The van der Waals surface area contributed by atoms with Gasteiger partial charge in [0, 0.05) is 11.8 Å². The number of carbonyl (C=O) groups excluding carboxylic acids is 2. The molecule has 6 heteroatoms. The van der Waals surface area contributed by atoms with E-state index in [1.54, 1.807) is 10.9 Å². The maximum Gasteiger partial charge on any atom is 0.342 e. The van der Waals surface area contributed by atoms with Gasteiger partial charge in [0.2, 0.25) is 0 Å². The molecular weight excluding hydrogens is 306 g/mol. The molecule has 0 aliphatic carbocycles. The number of hydrogen-bond donors (Lipinski definition) is 1. The Bertz CT molecular complexity index is 858. The summed E-state index contributed by atoms with van der Waals surface area (Å²) in [6.45, 7) is -0.469. The molecule has 2 N–H and O–H groups in total. The Morgan fingerprint density at radius 3 is 2.25 bits per heavy atom. The summed E-state index contributed by atoms with van der Waals surface area (Å²) in [4.78, 5) is 23.1. The lowest BCUT2D eigenvalue weighted by Crippen LogP contribution is -2.21. The molecule has 0 saturated heterocycles. The number of para-hydroxylation sites is 1. The van der Waals surface area contributed by atoms with Crippen LogP contribution in [-0.4, -0.2) is 28.3 Å². The zero-order chi connectivity index (χ0) is 16.9. The second kappa shape index (κ2) is 6.78. The predicted molar refractivity (Wildman–Crippen MR) is 88.5 cm³/mol. The SMILES string of the molecule is NC(=O)COC(=O)c1cn(-c2ccccc2)nc1-c1ccccc1. The highest BCUT2D eigenvalue weighted by Gasteiger charge is 2.20. The molecule has 0 aliphatic rings. The van der Waals surface area contributed by atoms with Crippen molar-refractivity contribution in [3.63, 3.8) is 0 Å². The van der Waals surface area contributed by atoms with Crippen LogP contribution in [0, 0.1) is 0 Å². The average molecular weight is 321 g/mol. The summed E-state index contributed by atoms with van der Waals surface area (Å²) in [7, 11) is 0. The number of benzene rings is 2. The van der Waals surface area contributed by atoms with Crippen molar-refractivity contribution in [2.75, 3.05) is 6.61 Å². The van der Waals surface area contributed by atoms with Gasteiger partial charge in [0.1, 0.15) is 11.3 Å². The highest BCUT2D eigenvalue weighted by atomic mass is 16.5. The number of ether oxygens (including phenoxy) is 1. The Kier molecular flexibility index (Phi) is 4.38. The topological polar surface area (TPSA) is 87.2 Å². The molecule has 0 radical (unpaired) electrons. The van der Waals surface area contributed by atoms with Crippen molar-refractivity contribution in [1.82, 2.24) is 9.78 Å². The largest absolute Gasteiger partial charge is 0.452 e. The molecule has 2 aromatic carbocycles. The number of nitrogens with two attached hydrogens (primary N) is 1. The molecule has 1 aromatic heterocycles. The van der Waals surface area contributed by atoms with Gasteiger partial charge < -0.3 is 10.5 Å². The van der Waals surface area contributed by atoms with E-state index in [2.05, 4.69) is 5.10 Å². The Balaban J connectivity index is 2.03. The van der Waals surface area contributed by atoms with Gasteiger partial charge >= 0.3 is 5.97 Å². The van der Waals surface area contributed by atoms with E-state index < -0.39 is 18.5 Å². The fraction of sp³-hybridized carbons (Fsp3) is 0.0556. The number of rotatable bonds is 5. The fourth-order valence-electron chi connectivity index (χ4n) is 2.26. The van der Waals surface area contributed by atoms with Gasteiger partial charge in [-0.15, -0.1) is 0 Å². The van der Waals surface area contributed by atoms with Crippen LogP contribution in [0.15, 0.2) is 66.9 Å². The zero-order valence-electron chi connectivity index (χ0n) is 12.8. The molecule has 0 atom stereocenters. The van der Waals surface area contributed by atoms with Gasteiger partial charge in [-0.2, -0.15) is 5.10 Å². The molecule has 3 aromatic rings. The lowest BCUT2D eigenvalue weighted by atomic mass is 10.1. The molecule has 0 saturated carbocycles. The van der Waals surface area contributed by atoms with Crippen LogP contribution in [0.5, 0.6) is 0 Å². The second-order valence-corrected chi connectivity index (χ2v) is 5.08. The highest BCUT2D eigenvalue weighted by molar-refractivity contribution is 5.97. The van der Waals surface area contributed by atoms with Crippen LogP contribution in [0.4, 0.5) is 0 Å². The monoisotopic (exact) mass is 321 g/mol. The Hall–Kier alpha value is -3.41. The van der Waals surface area contributed by atoms with Crippen LogP contribution in [-0.2, 0) is 9.53 Å². The van der Waals surface area contributed by atoms with Crippen LogP contribution in [0.2, 0.25) is 0 Å². The summed E-state index contributed by atoms with van der Waals surface area (Å²) in [5.41, 5.74) is 7.36. The summed E-state index contributed by atoms with van der Waals surface area (Å²) >= 11 is 0. The van der Waals surface area contributed by atoms with E-state index in [9.17, 15) is 9.59 Å². The minimum absolute atomic E-state index is 0.270. The maximum atomic E-state index is 12.3. The van der Waals surface area contributed by atoms with E-state index in [-0.39, 0.29) is 5.56 Å². The van der Waals surface area contributed by atoms with Crippen molar-refractivity contribution < 1.29 is 14.3 Å². The van der Waals surface area contributed by atoms with E-state index >= 15 is 0 Å². The molecule has 1 amide bonds. The third kappa shape index (κ3) is 3.33. The van der Waals surface area contributed by atoms with E-state index in [0.717, 1.165) is 11.3 Å². The van der Waals surface area contributed by atoms with Crippen LogP contribution < -0.4 is 5.73 Å². The first-order valence-electron chi connectivity index (χ1n) is 7.31. The zero-order valence-corrected chi connectivity index (χ0v) is 12.8. The summed E-state index contributed by atoms with van der Waals surface area (Å²) < 4.78 is 6.53. The third-order valence-corrected chi connectivity index (χ3v) is 3.35. The summed E-state index contributed by atoms with van der Waals surface area (Å²) in [6.07, 6.45) is 1.58. The van der Waals surface area contributed by atoms with Gasteiger partial charge in [-0.25, -0.2) is 9.48 Å². The summed E-state index contributed by atoms with van der Waals surface area (Å²) in [5.74, 6) is -1.35. The quantitative estimate of drug-likeness (QED) is 0.730. The first-order chi connectivity index (χ1) is 11.6. The van der Waals surface area contributed by atoms with E-state index in [0.29, 0.717) is 5.69 Å². The van der Waals surface area contributed by atoms with Crippen molar-refractivity contribution in [2.24, 2.45) is 5.73 Å².